The minimum absolute atomic E-state index is 0.140. The van der Waals surface area contributed by atoms with Crippen molar-refractivity contribution in [1.82, 2.24) is 0 Å². The van der Waals surface area contributed by atoms with Crippen LogP contribution in [0.3, 0.4) is 0 Å². The van der Waals surface area contributed by atoms with Crippen molar-refractivity contribution < 1.29 is 23.1 Å². The number of anilines is 1. The fraction of sp³-hybridized carbons (Fsp3) is 0.0526. The van der Waals surface area contributed by atoms with Crippen LogP contribution in [0, 0.1) is 11.6 Å². The molecule has 0 radical (unpaired) electrons. The molecule has 0 atom stereocenters. The Hall–Kier alpha value is -2.77. The molecule has 1 amide bonds. The van der Waals surface area contributed by atoms with Crippen molar-refractivity contribution in [3.05, 3.63) is 75.6 Å². The zero-order valence-corrected chi connectivity index (χ0v) is 15.5. The van der Waals surface area contributed by atoms with Crippen molar-refractivity contribution in [2.75, 3.05) is 12.4 Å². The quantitative estimate of drug-likeness (QED) is 0.590. The Morgan fingerprint density at radius 2 is 1.81 bits per heavy atom. The molecule has 0 fully saturated rings. The number of methoxy groups -OCH3 is 1. The van der Waals surface area contributed by atoms with Crippen LogP contribution in [0.4, 0.5) is 13.8 Å². The van der Waals surface area contributed by atoms with Gasteiger partial charge < -0.3 is 10.1 Å². The second-order valence-corrected chi connectivity index (χ2v) is 6.75. The molecular formula is C19H12ClF2NO3S. The Bertz CT molecular complexity index is 1020. The standard InChI is InChI=1S/C19H12ClF2NO3S/c1-26-19(25)16-14(10-2-4-11(20)5-3-10)9-27-18(16)23-17(24)13-7-6-12(21)8-15(13)22/h2-9H,1H3,(H,23,24). The molecule has 3 aromatic rings. The van der Waals surface area contributed by atoms with Crippen LogP contribution in [0.15, 0.2) is 47.8 Å². The third-order valence-corrected chi connectivity index (χ3v) is 4.89. The molecule has 8 heteroatoms. The first kappa shape index (κ1) is 19.0. The lowest BCUT2D eigenvalue weighted by atomic mass is 10.0. The Morgan fingerprint density at radius 1 is 1.11 bits per heavy atom. The maximum Gasteiger partial charge on any atom is 0.341 e. The average molecular weight is 408 g/mol. The largest absolute Gasteiger partial charge is 0.465 e. The molecule has 0 aliphatic heterocycles. The number of carbonyl (C=O) groups is 2. The number of halogens is 3. The van der Waals surface area contributed by atoms with E-state index in [9.17, 15) is 18.4 Å². The molecule has 0 spiro atoms. The molecule has 0 aliphatic rings. The number of ether oxygens (including phenoxy) is 1. The molecule has 138 valence electrons. The Kier molecular flexibility index (Phi) is 5.53. The van der Waals surface area contributed by atoms with Gasteiger partial charge in [-0.05, 0) is 29.8 Å². The topological polar surface area (TPSA) is 55.4 Å². The number of amides is 1. The molecule has 0 bridgehead atoms. The van der Waals surface area contributed by atoms with E-state index in [0.717, 1.165) is 23.5 Å². The van der Waals surface area contributed by atoms with E-state index < -0.39 is 23.5 Å². The summed E-state index contributed by atoms with van der Waals surface area (Å²) in [6, 6.07) is 9.41. The molecule has 2 aromatic carbocycles. The third-order valence-electron chi connectivity index (χ3n) is 3.74. The van der Waals surface area contributed by atoms with E-state index in [-0.39, 0.29) is 16.1 Å². The highest BCUT2D eigenvalue weighted by atomic mass is 35.5. The lowest BCUT2D eigenvalue weighted by Gasteiger charge is -2.08. The van der Waals surface area contributed by atoms with Crippen LogP contribution < -0.4 is 5.32 Å². The molecule has 3 rings (SSSR count). The number of thiophene rings is 1. The number of carbonyl (C=O) groups excluding carboxylic acids is 2. The van der Waals surface area contributed by atoms with E-state index in [4.69, 9.17) is 16.3 Å². The molecule has 0 saturated carbocycles. The zero-order chi connectivity index (χ0) is 19.6. The highest BCUT2D eigenvalue weighted by Gasteiger charge is 2.23. The van der Waals surface area contributed by atoms with Crippen molar-refractivity contribution >= 4 is 39.8 Å². The van der Waals surface area contributed by atoms with Gasteiger partial charge in [-0.25, -0.2) is 13.6 Å². The summed E-state index contributed by atoms with van der Waals surface area (Å²) in [4.78, 5) is 24.6. The molecule has 27 heavy (non-hydrogen) atoms. The number of rotatable bonds is 4. The van der Waals surface area contributed by atoms with Crippen molar-refractivity contribution in [2.24, 2.45) is 0 Å². The van der Waals surface area contributed by atoms with Gasteiger partial charge in [-0.1, -0.05) is 23.7 Å². The van der Waals surface area contributed by atoms with Gasteiger partial charge in [0.15, 0.2) is 0 Å². The average Bonchev–Trinajstić information content (AvgIpc) is 3.05. The monoisotopic (exact) mass is 407 g/mol. The maximum absolute atomic E-state index is 13.8. The highest BCUT2D eigenvalue weighted by Crippen LogP contribution is 2.36. The summed E-state index contributed by atoms with van der Waals surface area (Å²) in [5.41, 5.74) is 1.04. The number of hydrogen-bond acceptors (Lipinski definition) is 4. The molecule has 1 N–H and O–H groups in total. The summed E-state index contributed by atoms with van der Waals surface area (Å²) >= 11 is 6.98. The smallest absolute Gasteiger partial charge is 0.341 e. The van der Waals surface area contributed by atoms with Gasteiger partial charge in [0, 0.05) is 22.0 Å². The first-order valence-corrected chi connectivity index (χ1v) is 8.88. The van der Waals surface area contributed by atoms with E-state index in [2.05, 4.69) is 5.32 Å². The summed E-state index contributed by atoms with van der Waals surface area (Å²) in [6.45, 7) is 0. The number of nitrogens with one attached hydrogen (secondary N) is 1. The summed E-state index contributed by atoms with van der Waals surface area (Å²) in [5.74, 6) is -3.25. The predicted molar refractivity (Wildman–Crippen MR) is 100 cm³/mol. The Labute approximate surface area is 162 Å². The summed E-state index contributed by atoms with van der Waals surface area (Å²) in [6.07, 6.45) is 0. The number of benzene rings is 2. The van der Waals surface area contributed by atoms with Crippen molar-refractivity contribution in [3.63, 3.8) is 0 Å². The van der Waals surface area contributed by atoms with Gasteiger partial charge in [-0.3, -0.25) is 4.79 Å². The second kappa shape index (κ2) is 7.85. The zero-order valence-electron chi connectivity index (χ0n) is 13.9. The number of esters is 1. The first-order valence-electron chi connectivity index (χ1n) is 7.63. The van der Waals surface area contributed by atoms with Crippen LogP contribution in [0.2, 0.25) is 5.02 Å². The van der Waals surface area contributed by atoms with Gasteiger partial charge >= 0.3 is 5.97 Å². The van der Waals surface area contributed by atoms with Gasteiger partial charge in [0.2, 0.25) is 0 Å². The lowest BCUT2D eigenvalue weighted by Crippen LogP contribution is -2.15. The van der Waals surface area contributed by atoms with E-state index in [1.807, 2.05) is 0 Å². The van der Waals surface area contributed by atoms with Crippen molar-refractivity contribution in [3.8, 4) is 11.1 Å². The molecular weight excluding hydrogens is 396 g/mol. The normalized spacial score (nSPS) is 10.5. The fourth-order valence-corrected chi connectivity index (χ4v) is 3.52. The van der Waals surface area contributed by atoms with Gasteiger partial charge in [-0.15, -0.1) is 11.3 Å². The van der Waals surface area contributed by atoms with Crippen LogP contribution in [0.25, 0.3) is 11.1 Å². The fourth-order valence-electron chi connectivity index (χ4n) is 2.44. The SMILES string of the molecule is COC(=O)c1c(-c2ccc(Cl)cc2)csc1NC(=O)c1ccc(F)cc1F. The molecule has 0 aliphatic carbocycles. The van der Waals surface area contributed by atoms with E-state index in [0.29, 0.717) is 22.2 Å². The predicted octanol–water partition coefficient (Wildman–Crippen LogP) is 5.39. The minimum atomic E-state index is -0.999. The van der Waals surface area contributed by atoms with Gasteiger partial charge in [0.1, 0.15) is 22.2 Å². The molecule has 1 aromatic heterocycles. The summed E-state index contributed by atoms with van der Waals surface area (Å²) in [7, 11) is 1.22. The lowest BCUT2D eigenvalue weighted by molar-refractivity contribution is 0.0603. The Morgan fingerprint density at radius 3 is 2.44 bits per heavy atom. The summed E-state index contributed by atoms with van der Waals surface area (Å²) < 4.78 is 31.7. The summed E-state index contributed by atoms with van der Waals surface area (Å²) in [5, 5.41) is 4.90. The second-order valence-electron chi connectivity index (χ2n) is 5.43. The van der Waals surface area contributed by atoms with Gasteiger partial charge in [0.05, 0.1) is 12.7 Å². The van der Waals surface area contributed by atoms with Crippen LogP contribution in [-0.2, 0) is 4.74 Å². The highest BCUT2D eigenvalue weighted by molar-refractivity contribution is 7.15. The van der Waals surface area contributed by atoms with E-state index in [1.54, 1.807) is 29.6 Å². The van der Waals surface area contributed by atoms with Crippen LogP contribution in [-0.4, -0.2) is 19.0 Å². The third kappa shape index (κ3) is 3.99. The maximum atomic E-state index is 13.8. The van der Waals surface area contributed by atoms with Crippen molar-refractivity contribution in [2.45, 2.75) is 0 Å². The van der Waals surface area contributed by atoms with Crippen LogP contribution in [0.5, 0.6) is 0 Å². The minimum Gasteiger partial charge on any atom is -0.465 e. The van der Waals surface area contributed by atoms with E-state index in [1.165, 1.54) is 7.11 Å². The molecule has 0 unspecified atom stereocenters. The Balaban J connectivity index is 1.99. The number of hydrogen-bond donors (Lipinski definition) is 1. The van der Waals surface area contributed by atoms with Crippen LogP contribution >= 0.6 is 22.9 Å². The van der Waals surface area contributed by atoms with Crippen molar-refractivity contribution in [1.29, 1.82) is 0 Å². The van der Waals surface area contributed by atoms with Crippen LogP contribution in [0.1, 0.15) is 20.7 Å². The first-order chi connectivity index (χ1) is 12.9. The van der Waals surface area contributed by atoms with Gasteiger partial charge in [0.25, 0.3) is 5.91 Å². The molecule has 0 saturated heterocycles. The van der Waals surface area contributed by atoms with E-state index >= 15 is 0 Å². The molecule has 4 nitrogen and oxygen atoms in total. The molecule has 1 heterocycles. The van der Waals surface area contributed by atoms with Gasteiger partial charge in [-0.2, -0.15) is 0 Å².